The zero-order valence-corrected chi connectivity index (χ0v) is 23.4. The molecule has 0 aliphatic heterocycles. The number of unbranched alkanes of at least 4 members (excludes halogenated alkanes) is 1. The molecule has 2 N–H and O–H groups in total. The number of benzene rings is 2. The second-order valence-electron chi connectivity index (χ2n) is 10.9. The average Bonchev–Trinajstić information content (AvgIpc) is 3.71. The van der Waals surface area contributed by atoms with E-state index in [-0.39, 0.29) is 11.4 Å². The number of hydrogen-bond donors (Lipinski definition) is 2. The fourth-order valence-corrected chi connectivity index (χ4v) is 5.88. The van der Waals surface area contributed by atoms with Gasteiger partial charge in [-0.05, 0) is 99.1 Å². The molecule has 6 heteroatoms. The smallest absolute Gasteiger partial charge is 0.123 e. The summed E-state index contributed by atoms with van der Waals surface area (Å²) in [4.78, 5) is 9.16. The number of aromatic nitrogens is 4. The lowest BCUT2D eigenvalue weighted by Crippen LogP contribution is -2.45. The second kappa shape index (κ2) is 12.0. The number of aromatic amines is 2. The second-order valence-corrected chi connectivity index (χ2v) is 10.9. The number of para-hydroxylation sites is 1. The number of aryl methyl sites for hydroxylation is 2. The normalized spacial score (nSPS) is 17.4. The van der Waals surface area contributed by atoms with Crippen LogP contribution in [0.4, 0.5) is 4.39 Å². The lowest BCUT2D eigenvalue weighted by Gasteiger charge is -2.42. The summed E-state index contributed by atoms with van der Waals surface area (Å²) in [6.07, 6.45) is 16.0. The summed E-state index contributed by atoms with van der Waals surface area (Å²) >= 11 is 0. The first kappa shape index (κ1) is 26.9. The maximum atomic E-state index is 14.0. The van der Waals surface area contributed by atoms with E-state index in [1.165, 1.54) is 53.1 Å². The van der Waals surface area contributed by atoms with Crippen molar-refractivity contribution in [2.24, 2.45) is 0 Å². The van der Waals surface area contributed by atoms with Crippen molar-refractivity contribution in [2.45, 2.75) is 64.0 Å². The molecule has 0 radical (unpaired) electrons. The van der Waals surface area contributed by atoms with Gasteiger partial charge in [-0.25, -0.2) is 4.39 Å². The Bertz CT molecular complexity index is 1490. The number of hydrogen-bond acceptors (Lipinski definition) is 2. The molecule has 1 atom stereocenters. The molecule has 204 valence electrons. The Morgan fingerprint density at radius 2 is 1.95 bits per heavy atom. The van der Waals surface area contributed by atoms with Crippen molar-refractivity contribution < 1.29 is 4.39 Å². The molecule has 1 aliphatic rings. The quantitative estimate of drug-likeness (QED) is 0.216. The van der Waals surface area contributed by atoms with Crippen LogP contribution in [0.5, 0.6) is 0 Å². The number of allylic oxidation sites excluding steroid dienone is 1. The third-order valence-electron chi connectivity index (χ3n) is 8.33. The number of nitrogens with one attached hydrogen (secondary N) is 2. The molecule has 0 spiro atoms. The highest BCUT2D eigenvalue weighted by Crippen LogP contribution is 2.40. The van der Waals surface area contributed by atoms with Crippen LogP contribution >= 0.6 is 0 Å². The van der Waals surface area contributed by atoms with E-state index in [4.69, 9.17) is 0 Å². The van der Waals surface area contributed by atoms with Crippen LogP contribution in [0.3, 0.4) is 0 Å². The molecule has 1 aliphatic carbocycles. The van der Waals surface area contributed by atoms with Gasteiger partial charge in [0.1, 0.15) is 5.82 Å². The van der Waals surface area contributed by atoms with Gasteiger partial charge in [0, 0.05) is 52.8 Å². The van der Waals surface area contributed by atoms with Gasteiger partial charge in [-0.3, -0.25) is 4.68 Å². The first-order chi connectivity index (χ1) is 19.0. The summed E-state index contributed by atoms with van der Waals surface area (Å²) in [6, 6.07) is 17.3. The zero-order valence-electron chi connectivity index (χ0n) is 23.4. The van der Waals surface area contributed by atoms with Gasteiger partial charge in [0.15, 0.2) is 0 Å². The Morgan fingerprint density at radius 3 is 2.67 bits per heavy atom. The third-order valence-corrected chi connectivity index (χ3v) is 8.33. The van der Waals surface area contributed by atoms with E-state index in [9.17, 15) is 4.39 Å². The fourth-order valence-electron chi connectivity index (χ4n) is 5.88. The molecule has 0 saturated heterocycles. The number of halogens is 1. The predicted octanol–water partition coefficient (Wildman–Crippen LogP) is 7.97. The lowest BCUT2D eigenvalue weighted by molar-refractivity contribution is 0.124. The largest absolute Gasteiger partial charge is 0.361 e. The van der Waals surface area contributed by atoms with Gasteiger partial charge < -0.3 is 14.9 Å². The average molecular weight is 526 g/mol. The highest BCUT2D eigenvalue weighted by atomic mass is 19.1. The van der Waals surface area contributed by atoms with E-state index < -0.39 is 0 Å². The van der Waals surface area contributed by atoms with Gasteiger partial charge in [0.05, 0.1) is 0 Å². The molecule has 5 nitrogen and oxygen atoms in total. The Labute approximate surface area is 230 Å². The number of rotatable bonds is 8. The topological polar surface area (TPSA) is 52.6 Å². The molecule has 39 heavy (non-hydrogen) atoms. The summed E-state index contributed by atoms with van der Waals surface area (Å²) in [5.41, 5.74) is 6.24. The molecule has 1 unspecified atom stereocenters. The first-order valence-corrected chi connectivity index (χ1v) is 14.2. The molecule has 2 aromatic carbocycles. The van der Waals surface area contributed by atoms with E-state index in [0.29, 0.717) is 0 Å². The van der Waals surface area contributed by atoms with Crippen LogP contribution in [-0.4, -0.2) is 44.3 Å². The number of fused-ring (bicyclic) bond motifs is 2. The van der Waals surface area contributed by atoms with Gasteiger partial charge in [-0.2, -0.15) is 5.10 Å². The van der Waals surface area contributed by atoms with Crippen LogP contribution in [0.1, 0.15) is 56.7 Å². The van der Waals surface area contributed by atoms with Crippen LogP contribution in [0, 0.1) is 5.82 Å². The van der Waals surface area contributed by atoms with Crippen molar-refractivity contribution >= 4 is 27.4 Å². The molecule has 0 amide bonds. The van der Waals surface area contributed by atoms with Gasteiger partial charge in [-0.1, -0.05) is 44.0 Å². The van der Waals surface area contributed by atoms with Crippen molar-refractivity contribution in [3.8, 4) is 0 Å². The Kier molecular flexibility index (Phi) is 8.32. The minimum atomic E-state index is -0.183. The summed E-state index contributed by atoms with van der Waals surface area (Å²) in [7, 11) is 4.44. The molecule has 0 fully saturated rings. The summed E-state index contributed by atoms with van der Waals surface area (Å²) in [5.74, 6) is -0.183. The van der Waals surface area contributed by atoms with Gasteiger partial charge in [-0.15, -0.1) is 0 Å². The number of H-pyrrole nitrogens is 2. The fraction of sp³-hybridized carbons (Fsp3) is 0.364. The summed E-state index contributed by atoms with van der Waals surface area (Å²) < 4.78 is 16.0. The van der Waals surface area contributed by atoms with E-state index >= 15 is 0 Å². The molecule has 3 aromatic heterocycles. The van der Waals surface area contributed by atoms with E-state index in [1.54, 1.807) is 12.3 Å². The molecule has 0 saturated carbocycles. The van der Waals surface area contributed by atoms with Crippen molar-refractivity contribution in [3.05, 3.63) is 96.3 Å². The highest BCUT2D eigenvalue weighted by Gasteiger charge is 2.34. The molecular formula is C33H40FN5. The van der Waals surface area contributed by atoms with Crippen molar-refractivity contribution in [1.82, 2.24) is 24.6 Å². The van der Waals surface area contributed by atoms with E-state index in [1.807, 2.05) is 41.3 Å². The van der Waals surface area contributed by atoms with Crippen LogP contribution in [0.15, 0.2) is 79.3 Å². The van der Waals surface area contributed by atoms with Gasteiger partial charge >= 0.3 is 0 Å². The molecule has 5 aromatic rings. The SMILES string of the molecule is CCCCC1(N(C)C)CC=C(c2[nH]c3ccc(F)cc3c2CCn2cccn2)CC1.c1ccc2[nH]ccc2c1. The van der Waals surface area contributed by atoms with Gasteiger partial charge in [0.2, 0.25) is 0 Å². The molecule has 6 rings (SSSR count). The van der Waals surface area contributed by atoms with Crippen molar-refractivity contribution in [2.75, 3.05) is 14.1 Å². The maximum absolute atomic E-state index is 14.0. The molecule has 3 heterocycles. The van der Waals surface area contributed by atoms with Crippen LogP contribution in [0.25, 0.3) is 27.4 Å². The monoisotopic (exact) mass is 525 g/mol. The van der Waals surface area contributed by atoms with Crippen LogP contribution in [0.2, 0.25) is 0 Å². The van der Waals surface area contributed by atoms with Crippen LogP contribution < -0.4 is 0 Å². The first-order valence-electron chi connectivity index (χ1n) is 14.2. The third kappa shape index (κ3) is 6.01. The van der Waals surface area contributed by atoms with E-state index in [0.717, 1.165) is 43.1 Å². The Balaban J connectivity index is 0.000000287. The number of nitrogens with zero attached hydrogens (tertiary/aromatic N) is 3. The standard InChI is InChI=1S/C25H33FN4.C8H7N/c1-4-5-12-25(29(2)3)13-9-19(10-14-25)24-21(11-17-30-16-6-15-27-30)22-18-20(26)7-8-23(22)28-24;1-2-4-8-7(3-1)5-6-9-8/h6-9,15-16,18,28H,4-5,10-14,17H2,1-3H3;1-6,9H. The van der Waals surface area contributed by atoms with Gasteiger partial charge in [0.25, 0.3) is 0 Å². The molecule has 0 bridgehead atoms. The highest BCUT2D eigenvalue weighted by molar-refractivity contribution is 5.89. The minimum Gasteiger partial charge on any atom is -0.361 e. The molecular weight excluding hydrogens is 485 g/mol. The Morgan fingerprint density at radius 1 is 1.08 bits per heavy atom. The Hall–Kier alpha value is -3.64. The van der Waals surface area contributed by atoms with E-state index in [2.05, 4.69) is 65.3 Å². The van der Waals surface area contributed by atoms with Crippen LogP contribution in [-0.2, 0) is 13.0 Å². The predicted molar refractivity (Wildman–Crippen MR) is 160 cm³/mol. The lowest BCUT2D eigenvalue weighted by atomic mass is 9.77. The van der Waals surface area contributed by atoms with Crippen molar-refractivity contribution in [3.63, 3.8) is 0 Å². The van der Waals surface area contributed by atoms with Crippen molar-refractivity contribution in [1.29, 1.82) is 0 Å². The minimum absolute atomic E-state index is 0.183. The summed E-state index contributed by atoms with van der Waals surface area (Å²) in [6.45, 7) is 3.05. The zero-order chi connectivity index (χ0) is 27.2. The summed E-state index contributed by atoms with van der Waals surface area (Å²) in [5, 5.41) is 6.60. The maximum Gasteiger partial charge on any atom is 0.123 e.